The Hall–Kier alpha value is -0.640. The minimum Gasteiger partial charge on any atom is -0.468 e. The molecule has 1 aromatic rings. The summed E-state index contributed by atoms with van der Waals surface area (Å²) in [5, 5.41) is 0. The molecular weight excluding hydrogens is 191 g/mol. The molecule has 14 heavy (non-hydrogen) atoms. The summed E-state index contributed by atoms with van der Waals surface area (Å²) in [6.07, 6.45) is 0.584. The van der Waals surface area contributed by atoms with E-state index in [0.717, 1.165) is 0 Å². The zero-order valence-corrected chi connectivity index (χ0v) is 10.3. The van der Waals surface area contributed by atoms with E-state index in [4.69, 9.17) is 0 Å². The molecule has 1 unspecified atom stereocenters. The molecule has 0 aliphatic heterocycles. The molecule has 0 aromatic heterocycles. The first-order valence-corrected chi connectivity index (χ1v) is 3.87. The van der Waals surface area contributed by atoms with Crippen LogP contribution in [0.1, 0.15) is 11.5 Å². The van der Waals surface area contributed by atoms with E-state index < -0.39 is 11.9 Å². The van der Waals surface area contributed by atoms with Crippen LogP contribution in [0, 0.1) is 0 Å². The van der Waals surface area contributed by atoms with Crippen molar-refractivity contribution in [2.24, 2.45) is 0 Å². The first-order chi connectivity index (χ1) is 6.29. The number of hydrogen-bond acceptors (Lipinski definition) is 3. The molecule has 0 heterocycles. The van der Waals surface area contributed by atoms with Crippen LogP contribution in [-0.2, 0) is 14.3 Å². The summed E-state index contributed by atoms with van der Waals surface area (Å²) in [4.78, 5) is 21.7. The molecule has 0 N–H and O–H groups in total. The van der Waals surface area contributed by atoms with Gasteiger partial charge in [-0.15, -0.1) is 0 Å². The van der Waals surface area contributed by atoms with E-state index in [9.17, 15) is 9.59 Å². The molecule has 0 saturated carbocycles. The van der Waals surface area contributed by atoms with Gasteiger partial charge in [0.1, 0.15) is 12.2 Å². The Bertz CT molecular complexity index is 297. The minimum atomic E-state index is -0.800. The SMILES string of the molecule is COC(=O)C(C=O)c1ccccc1.[Na]. The second kappa shape index (κ2) is 6.76. The first-order valence-electron chi connectivity index (χ1n) is 3.87. The van der Waals surface area contributed by atoms with Crippen molar-refractivity contribution in [3.8, 4) is 0 Å². The number of hydrogen-bond donors (Lipinski definition) is 0. The van der Waals surface area contributed by atoms with E-state index in [1.807, 2.05) is 6.07 Å². The van der Waals surface area contributed by atoms with Gasteiger partial charge in [-0.05, 0) is 5.56 Å². The van der Waals surface area contributed by atoms with Gasteiger partial charge in [0.05, 0.1) is 7.11 Å². The number of carbonyl (C=O) groups excluding carboxylic acids is 2. The predicted molar refractivity (Wildman–Crippen MR) is 53.0 cm³/mol. The summed E-state index contributed by atoms with van der Waals surface area (Å²) in [6, 6.07) is 8.80. The van der Waals surface area contributed by atoms with Gasteiger partial charge in [0, 0.05) is 29.6 Å². The molecule has 0 spiro atoms. The number of benzene rings is 1. The summed E-state index contributed by atoms with van der Waals surface area (Å²) in [5.74, 6) is -1.33. The molecule has 0 fully saturated rings. The molecule has 1 radical (unpaired) electrons. The van der Waals surface area contributed by atoms with E-state index in [1.54, 1.807) is 24.3 Å². The molecule has 0 amide bonds. The summed E-state index contributed by atoms with van der Waals surface area (Å²) < 4.78 is 4.49. The fourth-order valence-corrected chi connectivity index (χ4v) is 1.06. The molecule has 3 nitrogen and oxygen atoms in total. The van der Waals surface area contributed by atoms with Gasteiger partial charge in [-0.1, -0.05) is 30.3 Å². The number of rotatable bonds is 3. The predicted octanol–water partition coefficient (Wildman–Crippen LogP) is 0.761. The normalized spacial score (nSPS) is 10.9. The summed E-state index contributed by atoms with van der Waals surface area (Å²) in [5.41, 5.74) is 0.657. The van der Waals surface area contributed by atoms with Crippen LogP contribution in [0.25, 0.3) is 0 Å². The van der Waals surface area contributed by atoms with Crippen molar-refractivity contribution in [2.75, 3.05) is 7.11 Å². The number of methoxy groups -OCH3 is 1. The van der Waals surface area contributed by atoms with Crippen LogP contribution < -0.4 is 0 Å². The smallest absolute Gasteiger partial charge is 0.320 e. The third kappa shape index (κ3) is 3.25. The fourth-order valence-electron chi connectivity index (χ4n) is 1.06. The molecule has 69 valence electrons. The van der Waals surface area contributed by atoms with E-state index in [-0.39, 0.29) is 29.6 Å². The van der Waals surface area contributed by atoms with Crippen LogP contribution in [0.2, 0.25) is 0 Å². The van der Waals surface area contributed by atoms with Gasteiger partial charge in [0.15, 0.2) is 0 Å². The van der Waals surface area contributed by atoms with E-state index >= 15 is 0 Å². The first kappa shape index (κ1) is 13.4. The van der Waals surface area contributed by atoms with Gasteiger partial charge >= 0.3 is 5.97 Å². The topological polar surface area (TPSA) is 43.4 Å². The zero-order chi connectivity index (χ0) is 9.68. The maximum absolute atomic E-state index is 11.1. The second-order valence-corrected chi connectivity index (χ2v) is 2.55. The van der Waals surface area contributed by atoms with E-state index in [1.165, 1.54) is 7.11 Å². The van der Waals surface area contributed by atoms with Crippen molar-refractivity contribution in [1.82, 2.24) is 0 Å². The Balaban J connectivity index is 0.00000169. The summed E-state index contributed by atoms with van der Waals surface area (Å²) in [6.45, 7) is 0. The largest absolute Gasteiger partial charge is 0.468 e. The van der Waals surface area contributed by atoms with Crippen molar-refractivity contribution in [3.63, 3.8) is 0 Å². The van der Waals surface area contributed by atoms with Crippen LogP contribution in [0.5, 0.6) is 0 Å². The summed E-state index contributed by atoms with van der Waals surface area (Å²) in [7, 11) is 1.27. The maximum Gasteiger partial charge on any atom is 0.320 e. The van der Waals surface area contributed by atoms with Crippen molar-refractivity contribution >= 4 is 41.8 Å². The Morgan fingerprint density at radius 1 is 1.36 bits per heavy atom. The Labute approximate surface area is 105 Å². The molecule has 1 rings (SSSR count). The number of aldehydes is 1. The standard InChI is InChI=1S/C10H10O3.Na/c1-13-10(12)9(7-11)8-5-3-2-4-6-8;/h2-7,9H,1H3;. The maximum atomic E-state index is 11.1. The number of esters is 1. The van der Waals surface area contributed by atoms with Gasteiger partial charge in [-0.3, -0.25) is 4.79 Å². The monoisotopic (exact) mass is 201 g/mol. The summed E-state index contributed by atoms with van der Waals surface area (Å²) >= 11 is 0. The van der Waals surface area contributed by atoms with Gasteiger partial charge in [-0.2, -0.15) is 0 Å². The van der Waals surface area contributed by atoms with Gasteiger partial charge in [-0.25, -0.2) is 0 Å². The quantitative estimate of drug-likeness (QED) is 0.314. The van der Waals surface area contributed by atoms with Crippen LogP contribution in [0.3, 0.4) is 0 Å². The molecule has 1 aromatic carbocycles. The van der Waals surface area contributed by atoms with Crippen LogP contribution in [0.15, 0.2) is 30.3 Å². The molecule has 1 atom stereocenters. The van der Waals surface area contributed by atoms with Crippen LogP contribution in [0.4, 0.5) is 0 Å². The van der Waals surface area contributed by atoms with Crippen molar-refractivity contribution in [1.29, 1.82) is 0 Å². The second-order valence-electron chi connectivity index (χ2n) is 2.55. The number of carbonyl (C=O) groups is 2. The third-order valence-corrected chi connectivity index (χ3v) is 1.75. The van der Waals surface area contributed by atoms with Crippen molar-refractivity contribution < 1.29 is 14.3 Å². The Morgan fingerprint density at radius 3 is 2.36 bits per heavy atom. The van der Waals surface area contributed by atoms with E-state index in [2.05, 4.69) is 4.74 Å². The molecule has 4 heteroatoms. The average molecular weight is 201 g/mol. The fraction of sp³-hybridized carbons (Fsp3) is 0.200. The average Bonchev–Trinajstić information content (AvgIpc) is 2.20. The van der Waals surface area contributed by atoms with Crippen LogP contribution >= 0.6 is 0 Å². The van der Waals surface area contributed by atoms with Crippen LogP contribution in [-0.4, -0.2) is 48.9 Å². The minimum absolute atomic E-state index is 0. The molecule has 0 aliphatic rings. The molecular formula is C10H10NaO3. The Morgan fingerprint density at radius 2 is 1.93 bits per heavy atom. The van der Waals surface area contributed by atoms with E-state index in [0.29, 0.717) is 11.8 Å². The van der Waals surface area contributed by atoms with Gasteiger partial charge in [0.25, 0.3) is 0 Å². The molecule has 0 saturated heterocycles. The van der Waals surface area contributed by atoms with Crippen molar-refractivity contribution in [2.45, 2.75) is 5.92 Å². The van der Waals surface area contributed by atoms with Gasteiger partial charge < -0.3 is 9.53 Å². The molecule has 0 bridgehead atoms. The Kier molecular flexibility index (Phi) is 6.45. The number of ether oxygens (including phenoxy) is 1. The van der Waals surface area contributed by atoms with Gasteiger partial charge in [0.2, 0.25) is 0 Å². The zero-order valence-electron chi connectivity index (χ0n) is 8.27. The molecule has 0 aliphatic carbocycles. The van der Waals surface area contributed by atoms with Crippen molar-refractivity contribution in [3.05, 3.63) is 35.9 Å². The third-order valence-electron chi connectivity index (χ3n) is 1.75.